The molecule has 3 nitrogen and oxygen atoms in total. The van der Waals surface area contributed by atoms with Gasteiger partial charge in [-0.15, -0.1) is 0 Å². The van der Waals surface area contributed by atoms with Gasteiger partial charge in [0, 0.05) is 6.08 Å². The number of allylic oxidation sites excluding steroid dienone is 3. The van der Waals surface area contributed by atoms with E-state index in [9.17, 15) is 8.42 Å². The molecule has 0 amide bonds. The van der Waals surface area contributed by atoms with Crippen LogP contribution >= 0.6 is 0 Å². The second kappa shape index (κ2) is 4.45. The number of hydrogen-bond acceptors (Lipinski definition) is 3. The predicted molar refractivity (Wildman–Crippen MR) is 63.3 cm³/mol. The van der Waals surface area contributed by atoms with Crippen molar-refractivity contribution in [2.75, 3.05) is 6.61 Å². The van der Waals surface area contributed by atoms with Crippen LogP contribution < -0.4 is 0 Å². The normalized spacial score (nSPS) is 20.4. The average Bonchev–Trinajstić information content (AvgIpc) is 2.67. The Morgan fingerprint density at radius 1 is 1.19 bits per heavy atom. The van der Waals surface area contributed by atoms with E-state index < -0.39 is 9.84 Å². The van der Waals surface area contributed by atoms with Crippen molar-refractivity contribution >= 4 is 9.84 Å². The first kappa shape index (κ1) is 11.5. The summed E-state index contributed by atoms with van der Waals surface area (Å²) in [6.07, 6.45) is 9.37. The monoisotopic (exact) mass is 240 g/mol. The SMILES string of the molecule is CCCCCCOC1=C2C=CC(=C1)S2(=O)=O. The summed E-state index contributed by atoms with van der Waals surface area (Å²) in [5.74, 6) is 0.522. The van der Waals surface area contributed by atoms with Gasteiger partial charge >= 0.3 is 0 Å². The highest BCUT2D eigenvalue weighted by molar-refractivity contribution is 8.00. The van der Waals surface area contributed by atoms with Crippen molar-refractivity contribution < 1.29 is 13.2 Å². The summed E-state index contributed by atoms with van der Waals surface area (Å²) in [7, 11) is -3.18. The molecule has 0 radical (unpaired) electrons. The molecule has 2 rings (SSSR count). The van der Waals surface area contributed by atoms with Gasteiger partial charge in [0.05, 0.1) is 11.5 Å². The fourth-order valence-corrected chi connectivity index (χ4v) is 3.22. The maximum atomic E-state index is 11.6. The van der Waals surface area contributed by atoms with Gasteiger partial charge in [0.1, 0.15) is 10.7 Å². The van der Waals surface area contributed by atoms with Gasteiger partial charge in [-0.1, -0.05) is 26.2 Å². The van der Waals surface area contributed by atoms with Gasteiger partial charge in [-0.05, 0) is 18.6 Å². The van der Waals surface area contributed by atoms with Crippen LogP contribution in [0.5, 0.6) is 0 Å². The zero-order chi connectivity index (χ0) is 11.6. The summed E-state index contributed by atoms with van der Waals surface area (Å²) in [6.45, 7) is 2.76. The van der Waals surface area contributed by atoms with E-state index >= 15 is 0 Å². The van der Waals surface area contributed by atoms with E-state index in [1.807, 2.05) is 0 Å². The predicted octanol–water partition coefficient (Wildman–Crippen LogP) is 2.68. The van der Waals surface area contributed by atoms with E-state index in [4.69, 9.17) is 4.74 Å². The van der Waals surface area contributed by atoms with Crippen LogP contribution in [0.2, 0.25) is 0 Å². The smallest absolute Gasteiger partial charge is 0.210 e. The van der Waals surface area contributed by atoms with Crippen molar-refractivity contribution in [1.82, 2.24) is 0 Å². The molecule has 0 aliphatic carbocycles. The molecule has 0 saturated heterocycles. The maximum Gasteiger partial charge on any atom is 0.210 e. The molecule has 0 atom stereocenters. The molecule has 16 heavy (non-hydrogen) atoms. The molecule has 0 unspecified atom stereocenters. The molecule has 0 N–H and O–H groups in total. The minimum atomic E-state index is -3.18. The van der Waals surface area contributed by atoms with E-state index in [1.165, 1.54) is 12.8 Å². The molecule has 0 fully saturated rings. The van der Waals surface area contributed by atoms with Crippen molar-refractivity contribution in [1.29, 1.82) is 0 Å². The first-order valence-electron chi connectivity index (χ1n) is 5.68. The number of ether oxygens (including phenoxy) is 1. The van der Waals surface area contributed by atoms with Crippen molar-refractivity contribution in [2.24, 2.45) is 0 Å². The molecule has 0 aromatic heterocycles. The second-order valence-corrected chi connectivity index (χ2v) is 5.94. The largest absolute Gasteiger partial charge is 0.492 e. The summed E-state index contributed by atoms with van der Waals surface area (Å²) in [6, 6.07) is 0. The fraction of sp³-hybridized carbons (Fsp3) is 0.500. The van der Waals surface area contributed by atoms with Crippen molar-refractivity contribution in [2.45, 2.75) is 32.6 Å². The molecule has 2 heterocycles. The van der Waals surface area contributed by atoms with Gasteiger partial charge in [-0.3, -0.25) is 0 Å². The third-order valence-electron chi connectivity index (χ3n) is 2.77. The lowest BCUT2D eigenvalue weighted by Gasteiger charge is -2.06. The molecular weight excluding hydrogens is 224 g/mol. The van der Waals surface area contributed by atoms with Crippen LogP contribution in [0.15, 0.2) is 33.8 Å². The lowest BCUT2D eigenvalue weighted by molar-refractivity contribution is 0.216. The van der Waals surface area contributed by atoms with Crippen LogP contribution in [-0.4, -0.2) is 15.0 Å². The van der Waals surface area contributed by atoms with Crippen LogP contribution in [0.3, 0.4) is 0 Å². The summed E-state index contributed by atoms with van der Waals surface area (Å²) in [5.41, 5.74) is 0. The number of unbranched alkanes of at least 4 members (excludes halogenated alkanes) is 3. The van der Waals surface area contributed by atoms with E-state index in [-0.39, 0.29) is 0 Å². The maximum absolute atomic E-state index is 11.6. The standard InChI is InChI=1S/C12H16O3S/c1-2-3-4-5-8-15-11-9-10-6-7-12(11)16(10,13)14/h6-7,9H,2-5,8H2,1H3. The highest BCUT2D eigenvalue weighted by atomic mass is 32.2. The fourth-order valence-electron chi connectivity index (χ4n) is 1.83. The highest BCUT2D eigenvalue weighted by Crippen LogP contribution is 2.37. The van der Waals surface area contributed by atoms with Gasteiger partial charge in [-0.25, -0.2) is 8.42 Å². The Morgan fingerprint density at radius 3 is 2.56 bits per heavy atom. The van der Waals surface area contributed by atoms with Crippen LogP contribution in [0, 0.1) is 0 Å². The molecule has 4 heteroatoms. The number of sulfone groups is 1. The van der Waals surface area contributed by atoms with Crippen molar-refractivity contribution in [3.8, 4) is 0 Å². The molecule has 2 aliphatic rings. The summed E-state index contributed by atoms with van der Waals surface area (Å²) in [4.78, 5) is 0.698. The van der Waals surface area contributed by atoms with E-state index in [2.05, 4.69) is 6.92 Å². The Labute approximate surface area is 96.4 Å². The van der Waals surface area contributed by atoms with Crippen LogP contribution in [-0.2, 0) is 14.6 Å². The molecular formula is C12H16O3S. The van der Waals surface area contributed by atoms with E-state index in [0.29, 0.717) is 22.2 Å². The van der Waals surface area contributed by atoms with Crippen molar-refractivity contribution in [3.05, 3.63) is 33.8 Å². The minimum Gasteiger partial charge on any atom is -0.492 e. The minimum absolute atomic E-state index is 0.331. The zero-order valence-electron chi connectivity index (χ0n) is 9.40. The summed E-state index contributed by atoms with van der Waals surface area (Å²) < 4.78 is 28.8. The Hall–Kier alpha value is -1.03. The molecule has 0 aromatic carbocycles. The molecule has 2 bridgehead atoms. The number of fused-ring (bicyclic) bond motifs is 2. The highest BCUT2D eigenvalue weighted by Gasteiger charge is 2.34. The quantitative estimate of drug-likeness (QED) is 0.670. The first-order valence-corrected chi connectivity index (χ1v) is 7.16. The van der Waals surface area contributed by atoms with E-state index in [1.54, 1.807) is 18.2 Å². The average molecular weight is 240 g/mol. The lowest BCUT2D eigenvalue weighted by Crippen LogP contribution is -1.97. The Kier molecular flexibility index (Phi) is 3.19. The van der Waals surface area contributed by atoms with Crippen LogP contribution in [0.1, 0.15) is 32.6 Å². The second-order valence-electron chi connectivity index (χ2n) is 4.02. The van der Waals surface area contributed by atoms with Crippen molar-refractivity contribution in [3.63, 3.8) is 0 Å². The first-order chi connectivity index (χ1) is 7.66. The molecule has 0 saturated carbocycles. The van der Waals surface area contributed by atoms with Gasteiger partial charge in [0.2, 0.25) is 9.84 Å². The van der Waals surface area contributed by atoms with Crippen LogP contribution in [0.25, 0.3) is 0 Å². The molecule has 0 aromatic rings. The Bertz CT molecular complexity index is 466. The lowest BCUT2D eigenvalue weighted by atomic mass is 10.2. The Morgan fingerprint density at radius 2 is 2.00 bits per heavy atom. The molecule has 2 aliphatic heterocycles. The van der Waals surface area contributed by atoms with Crippen LogP contribution in [0.4, 0.5) is 0 Å². The topological polar surface area (TPSA) is 43.4 Å². The zero-order valence-corrected chi connectivity index (χ0v) is 10.2. The third kappa shape index (κ3) is 1.94. The summed E-state index contributed by atoms with van der Waals surface area (Å²) >= 11 is 0. The number of hydrogen-bond donors (Lipinski definition) is 0. The third-order valence-corrected chi connectivity index (χ3v) is 4.56. The molecule has 88 valence electrons. The van der Waals surface area contributed by atoms with E-state index in [0.717, 1.165) is 12.8 Å². The van der Waals surface area contributed by atoms with Gasteiger partial charge in [0.15, 0.2) is 0 Å². The molecule has 0 spiro atoms. The van der Waals surface area contributed by atoms with Gasteiger partial charge < -0.3 is 4.74 Å². The van der Waals surface area contributed by atoms with Gasteiger partial charge in [0.25, 0.3) is 0 Å². The summed E-state index contributed by atoms with van der Waals surface area (Å²) in [5, 5.41) is 0. The number of rotatable bonds is 6. The Balaban J connectivity index is 1.89. The van der Waals surface area contributed by atoms with Gasteiger partial charge in [-0.2, -0.15) is 0 Å².